The number of nitrogen functional groups attached to an aromatic ring is 1. The lowest BCUT2D eigenvalue weighted by Crippen LogP contribution is -2.31. The third-order valence-corrected chi connectivity index (χ3v) is 2.02. The van der Waals surface area contributed by atoms with E-state index in [0.717, 1.165) is 0 Å². The van der Waals surface area contributed by atoms with Gasteiger partial charge in [-0.15, -0.1) is 0 Å². The van der Waals surface area contributed by atoms with E-state index in [9.17, 15) is 14.7 Å². The quantitative estimate of drug-likeness (QED) is 0.289. The molecule has 1 aromatic carbocycles. The molecule has 0 heterocycles. The number of aromatic hydroxyl groups is 1. The number of hydrogen-bond acceptors (Lipinski definition) is 4. The minimum atomic E-state index is -0.729. The Hall–Kier alpha value is -1.59. The van der Waals surface area contributed by atoms with E-state index in [1.54, 1.807) is 0 Å². The summed E-state index contributed by atoms with van der Waals surface area (Å²) in [6, 6.07) is 2.50. The van der Waals surface area contributed by atoms with Crippen molar-refractivity contribution in [1.29, 1.82) is 0 Å². The second-order valence-electron chi connectivity index (χ2n) is 2.45. The van der Waals surface area contributed by atoms with E-state index in [-0.39, 0.29) is 21.9 Å². The molecule has 0 unspecified atom stereocenters. The van der Waals surface area contributed by atoms with Gasteiger partial charge in [0.25, 0.3) is 5.91 Å². The molecule has 4 N–H and O–H groups in total. The number of nitrogens with two attached hydrogens (primary N) is 1. The van der Waals surface area contributed by atoms with Crippen LogP contribution in [0.4, 0.5) is 0 Å². The van der Waals surface area contributed by atoms with Crippen LogP contribution in [-0.4, -0.2) is 17.3 Å². The molecule has 0 saturated carbocycles. The van der Waals surface area contributed by atoms with Crippen molar-refractivity contribution in [2.75, 3.05) is 0 Å². The highest BCUT2D eigenvalue weighted by molar-refractivity contribution is 6.35. The van der Waals surface area contributed by atoms with Crippen molar-refractivity contribution in [3.63, 3.8) is 0 Å². The monoisotopic (exact) mass is 214 g/mol. The van der Waals surface area contributed by atoms with Gasteiger partial charge in [0.05, 0.1) is 10.6 Å². The number of carbonyl (C=O) groups is 2. The van der Waals surface area contributed by atoms with Crippen LogP contribution in [0.3, 0.4) is 0 Å². The smallest absolute Gasteiger partial charge is 0.267 e. The highest BCUT2D eigenvalue weighted by atomic mass is 35.5. The second kappa shape index (κ2) is 4.08. The molecule has 0 bridgehead atoms. The molecule has 1 aromatic rings. The Bertz CT molecular complexity index is 392. The molecule has 0 aliphatic rings. The zero-order valence-electron chi connectivity index (χ0n) is 6.95. The number of carbonyl (C=O) groups excluding carboxylic acids is 2. The second-order valence-corrected chi connectivity index (χ2v) is 2.83. The van der Waals surface area contributed by atoms with E-state index in [1.165, 1.54) is 12.1 Å². The van der Waals surface area contributed by atoms with Crippen molar-refractivity contribution in [2.24, 2.45) is 5.84 Å². The van der Waals surface area contributed by atoms with Crippen LogP contribution in [0.2, 0.25) is 5.02 Å². The summed E-state index contributed by atoms with van der Waals surface area (Å²) >= 11 is 5.63. The molecule has 1 rings (SSSR count). The standard InChI is InChI=1S/C8H7ClN2O3/c9-7-5(13)2-1-4(3-12)6(7)8(14)11-10/h1-3,13H,10H2,(H,11,14). The topological polar surface area (TPSA) is 92.4 Å². The highest BCUT2D eigenvalue weighted by Crippen LogP contribution is 2.28. The molecule has 0 aliphatic carbocycles. The maximum Gasteiger partial charge on any atom is 0.267 e. The number of aldehydes is 1. The van der Waals surface area contributed by atoms with Crippen LogP contribution in [0.25, 0.3) is 0 Å². The lowest BCUT2D eigenvalue weighted by atomic mass is 10.1. The van der Waals surface area contributed by atoms with E-state index in [2.05, 4.69) is 0 Å². The van der Waals surface area contributed by atoms with Gasteiger partial charge in [-0.25, -0.2) is 5.84 Å². The fraction of sp³-hybridized carbons (Fsp3) is 0. The molecule has 6 heteroatoms. The first-order valence-corrected chi connectivity index (χ1v) is 3.97. The van der Waals surface area contributed by atoms with Crippen LogP contribution in [0.15, 0.2) is 12.1 Å². The number of amides is 1. The van der Waals surface area contributed by atoms with Crippen molar-refractivity contribution >= 4 is 23.8 Å². The Morgan fingerprint density at radius 3 is 2.71 bits per heavy atom. The summed E-state index contributed by atoms with van der Waals surface area (Å²) < 4.78 is 0. The molecule has 0 saturated heterocycles. The van der Waals surface area contributed by atoms with Crippen molar-refractivity contribution in [3.8, 4) is 5.75 Å². The van der Waals surface area contributed by atoms with Gasteiger partial charge in [-0.1, -0.05) is 11.6 Å². The first-order chi connectivity index (χ1) is 6.61. The molecule has 14 heavy (non-hydrogen) atoms. The third kappa shape index (κ3) is 1.68. The molecule has 0 fully saturated rings. The molecular formula is C8H7ClN2O3. The summed E-state index contributed by atoms with van der Waals surface area (Å²) in [5.74, 6) is 3.88. The number of hydrazine groups is 1. The van der Waals surface area contributed by atoms with Crippen LogP contribution < -0.4 is 11.3 Å². The van der Waals surface area contributed by atoms with E-state index >= 15 is 0 Å². The Morgan fingerprint density at radius 1 is 1.57 bits per heavy atom. The molecule has 0 spiro atoms. The lowest BCUT2D eigenvalue weighted by molar-refractivity contribution is 0.0948. The summed E-state index contributed by atoms with van der Waals surface area (Å²) in [6.07, 6.45) is 0.454. The zero-order chi connectivity index (χ0) is 10.7. The molecule has 74 valence electrons. The predicted molar refractivity (Wildman–Crippen MR) is 50.2 cm³/mol. The van der Waals surface area contributed by atoms with Crippen LogP contribution in [0.1, 0.15) is 20.7 Å². The Kier molecular flexibility index (Phi) is 3.06. The molecule has 0 aromatic heterocycles. The number of halogens is 1. The summed E-state index contributed by atoms with van der Waals surface area (Å²) in [6.45, 7) is 0. The number of hydrogen-bond donors (Lipinski definition) is 3. The third-order valence-electron chi connectivity index (χ3n) is 1.64. The van der Waals surface area contributed by atoms with E-state index in [0.29, 0.717) is 6.29 Å². The van der Waals surface area contributed by atoms with Gasteiger partial charge in [-0.05, 0) is 12.1 Å². The minimum Gasteiger partial charge on any atom is -0.506 e. The Morgan fingerprint density at radius 2 is 2.21 bits per heavy atom. The van der Waals surface area contributed by atoms with Crippen molar-refractivity contribution in [3.05, 3.63) is 28.3 Å². The number of phenolic OH excluding ortho intramolecular Hbond substituents is 1. The minimum absolute atomic E-state index is 0.0655. The number of phenols is 1. The van der Waals surface area contributed by atoms with Gasteiger partial charge in [0.2, 0.25) is 0 Å². The average molecular weight is 215 g/mol. The van der Waals surface area contributed by atoms with Crippen molar-refractivity contribution < 1.29 is 14.7 Å². The van der Waals surface area contributed by atoms with E-state index in [1.807, 2.05) is 5.43 Å². The van der Waals surface area contributed by atoms with Crippen LogP contribution in [0, 0.1) is 0 Å². The van der Waals surface area contributed by atoms with Gasteiger partial charge >= 0.3 is 0 Å². The van der Waals surface area contributed by atoms with Gasteiger partial charge in [-0.2, -0.15) is 0 Å². The van der Waals surface area contributed by atoms with Gasteiger partial charge < -0.3 is 5.11 Å². The first-order valence-electron chi connectivity index (χ1n) is 3.59. The van der Waals surface area contributed by atoms with Gasteiger partial charge in [0.15, 0.2) is 6.29 Å². The fourth-order valence-corrected chi connectivity index (χ4v) is 1.24. The van der Waals surface area contributed by atoms with E-state index in [4.69, 9.17) is 17.4 Å². The molecule has 0 atom stereocenters. The molecule has 0 radical (unpaired) electrons. The molecular weight excluding hydrogens is 208 g/mol. The van der Waals surface area contributed by atoms with Crippen LogP contribution in [-0.2, 0) is 0 Å². The van der Waals surface area contributed by atoms with Gasteiger partial charge in [0, 0.05) is 5.56 Å². The van der Waals surface area contributed by atoms with Crippen molar-refractivity contribution in [2.45, 2.75) is 0 Å². The average Bonchev–Trinajstić information content (AvgIpc) is 2.20. The van der Waals surface area contributed by atoms with Crippen LogP contribution >= 0.6 is 11.6 Å². The summed E-state index contributed by atoms with van der Waals surface area (Å²) in [4.78, 5) is 21.7. The predicted octanol–water partition coefficient (Wildman–Crippen LogP) is 0.462. The fourth-order valence-electron chi connectivity index (χ4n) is 0.981. The Balaban J connectivity index is 3.42. The lowest BCUT2D eigenvalue weighted by Gasteiger charge is -2.06. The Labute approximate surface area is 84.4 Å². The number of rotatable bonds is 2. The van der Waals surface area contributed by atoms with Crippen LogP contribution in [0.5, 0.6) is 5.75 Å². The maximum absolute atomic E-state index is 11.2. The SMILES string of the molecule is NNC(=O)c1c(C=O)ccc(O)c1Cl. The molecule has 1 amide bonds. The highest BCUT2D eigenvalue weighted by Gasteiger charge is 2.17. The summed E-state index contributed by atoms with van der Waals surface area (Å²) in [5, 5.41) is 9.00. The molecule has 0 aliphatic heterocycles. The normalized spacial score (nSPS) is 9.57. The summed E-state index contributed by atoms with van der Waals surface area (Å²) in [7, 11) is 0. The van der Waals surface area contributed by atoms with Gasteiger partial charge in [-0.3, -0.25) is 15.0 Å². The molecule has 5 nitrogen and oxygen atoms in total. The first kappa shape index (κ1) is 10.5. The van der Waals surface area contributed by atoms with E-state index < -0.39 is 5.91 Å². The zero-order valence-corrected chi connectivity index (χ0v) is 7.71. The maximum atomic E-state index is 11.2. The number of benzene rings is 1. The largest absolute Gasteiger partial charge is 0.506 e. The summed E-state index contributed by atoms with van der Waals surface area (Å²) in [5.41, 5.74) is 1.76. The van der Waals surface area contributed by atoms with Crippen molar-refractivity contribution in [1.82, 2.24) is 5.43 Å². The number of nitrogens with one attached hydrogen (secondary N) is 1. The van der Waals surface area contributed by atoms with Gasteiger partial charge in [0.1, 0.15) is 5.75 Å².